The van der Waals surface area contributed by atoms with Crippen LogP contribution in [0.25, 0.3) is 0 Å². The van der Waals surface area contributed by atoms with Crippen molar-refractivity contribution >= 4 is 27.6 Å². The summed E-state index contributed by atoms with van der Waals surface area (Å²) in [6.45, 7) is 3.20. The zero-order valence-electron chi connectivity index (χ0n) is 11.6. The van der Waals surface area contributed by atoms with Gasteiger partial charge in [-0.3, -0.25) is 0 Å². The van der Waals surface area contributed by atoms with Gasteiger partial charge in [0.1, 0.15) is 23.2 Å². The SMILES string of the molecule is Cc1nc(NN)cc(NCc2cc(Br)cc3c2OCC3)n1. The minimum Gasteiger partial charge on any atom is -0.493 e. The van der Waals surface area contributed by atoms with Gasteiger partial charge in [-0.2, -0.15) is 0 Å². The van der Waals surface area contributed by atoms with Crippen LogP contribution in [0.5, 0.6) is 5.75 Å². The number of rotatable bonds is 4. The summed E-state index contributed by atoms with van der Waals surface area (Å²) < 4.78 is 6.78. The number of fused-ring (bicyclic) bond motifs is 1. The van der Waals surface area contributed by atoms with Gasteiger partial charge in [0.15, 0.2) is 0 Å². The lowest BCUT2D eigenvalue weighted by atomic mass is 10.1. The van der Waals surface area contributed by atoms with Crippen molar-refractivity contribution in [2.45, 2.75) is 19.9 Å². The minimum atomic E-state index is 0.584. The van der Waals surface area contributed by atoms with E-state index in [9.17, 15) is 0 Å². The third-order valence-corrected chi connectivity index (χ3v) is 3.73. The molecule has 1 aliphatic rings. The number of nitrogens with zero attached hydrogens (tertiary/aromatic N) is 2. The molecule has 0 amide bonds. The summed E-state index contributed by atoms with van der Waals surface area (Å²) in [6.07, 6.45) is 0.954. The summed E-state index contributed by atoms with van der Waals surface area (Å²) in [6, 6.07) is 5.94. The smallest absolute Gasteiger partial charge is 0.145 e. The van der Waals surface area contributed by atoms with Gasteiger partial charge < -0.3 is 15.5 Å². The number of nitrogens with two attached hydrogens (primary N) is 1. The number of halogens is 1. The van der Waals surface area contributed by atoms with Crippen molar-refractivity contribution in [1.82, 2.24) is 9.97 Å². The molecule has 0 bridgehead atoms. The quantitative estimate of drug-likeness (QED) is 0.580. The number of aromatic nitrogens is 2. The van der Waals surface area contributed by atoms with Crippen molar-refractivity contribution in [3.05, 3.63) is 39.6 Å². The first-order chi connectivity index (χ1) is 10.2. The Labute approximate surface area is 131 Å². The number of nitrogens with one attached hydrogen (secondary N) is 2. The molecule has 0 atom stereocenters. The van der Waals surface area contributed by atoms with E-state index in [1.54, 1.807) is 6.07 Å². The first-order valence-electron chi connectivity index (χ1n) is 6.66. The number of ether oxygens (including phenoxy) is 1. The predicted molar refractivity (Wildman–Crippen MR) is 85.2 cm³/mol. The van der Waals surface area contributed by atoms with Gasteiger partial charge in [-0.1, -0.05) is 15.9 Å². The Balaban J connectivity index is 1.81. The molecule has 1 aromatic heterocycles. The van der Waals surface area contributed by atoms with Crippen molar-refractivity contribution in [2.75, 3.05) is 17.3 Å². The van der Waals surface area contributed by atoms with Crippen LogP contribution in [0.15, 0.2) is 22.7 Å². The second-order valence-electron chi connectivity index (χ2n) is 4.84. The monoisotopic (exact) mass is 349 g/mol. The highest BCUT2D eigenvalue weighted by molar-refractivity contribution is 9.10. The maximum Gasteiger partial charge on any atom is 0.145 e. The zero-order chi connectivity index (χ0) is 14.8. The fourth-order valence-corrected chi connectivity index (χ4v) is 2.95. The molecule has 0 saturated carbocycles. The van der Waals surface area contributed by atoms with Gasteiger partial charge in [0.05, 0.1) is 6.61 Å². The number of hydrazine groups is 1. The van der Waals surface area contributed by atoms with Crippen molar-refractivity contribution in [2.24, 2.45) is 5.84 Å². The van der Waals surface area contributed by atoms with E-state index in [2.05, 4.69) is 48.8 Å². The van der Waals surface area contributed by atoms with Crippen LogP contribution in [-0.4, -0.2) is 16.6 Å². The summed E-state index contributed by atoms with van der Waals surface area (Å²) in [5, 5.41) is 3.29. The van der Waals surface area contributed by atoms with E-state index < -0.39 is 0 Å². The van der Waals surface area contributed by atoms with E-state index in [-0.39, 0.29) is 0 Å². The van der Waals surface area contributed by atoms with Gasteiger partial charge in [0.25, 0.3) is 0 Å². The summed E-state index contributed by atoms with van der Waals surface area (Å²) in [5.74, 6) is 8.34. The van der Waals surface area contributed by atoms with Crippen LogP contribution in [0.1, 0.15) is 17.0 Å². The number of aryl methyl sites for hydroxylation is 1. The van der Waals surface area contributed by atoms with Crippen molar-refractivity contribution in [1.29, 1.82) is 0 Å². The van der Waals surface area contributed by atoms with Crippen LogP contribution in [0.2, 0.25) is 0 Å². The topological polar surface area (TPSA) is 85.1 Å². The molecule has 21 heavy (non-hydrogen) atoms. The highest BCUT2D eigenvalue weighted by Gasteiger charge is 2.17. The summed E-state index contributed by atoms with van der Waals surface area (Å²) in [5.41, 5.74) is 4.88. The van der Waals surface area contributed by atoms with Crippen LogP contribution in [0.3, 0.4) is 0 Å². The van der Waals surface area contributed by atoms with Gasteiger partial charge in [-0.25, -0.2) is 15.8 Å². The van der Waals surface area contributed by atoms with E-state index in [1.165, 1.54) is 5.56 Å². The molecule has 4 N–H and O–H groups in total. The normalized spacial score (nSPS) is 12.7. The highest BCUT2D eigenvalue weighted by atomic mass is 79.9. The first kappa shape index (κ1) is 14.1. The lowest BCUT2D eigenvalue weighted by Gasteiger charge is -2.12. The fourth-order valence-electron chi connectivity index (χ4n) is 2.40. The zero-order valence-corrected chi connectivity index (χ0v) is 13.2. The first-order valence-corrected chi connectivity index (χ1v) is 7.45. The van der Waals surface area contributed by atoms with Crippen LogP contribution in [0.4, 0.5) is 11.6 Å². The van der Waals surface area contributed by atoms with E-state index in [0.717, 1.165) is 34.6 Å². The highest BCUT2D eigenvalue weighted by Crippen LogP contribution is 2.33. The van der Waals surface area contributed by atoms with Gasteiger partial charge in [0, 0.05) is 29.1 Å². The van der Waals surface area contributed by atoms with Crippen LogP contribution >= 0.6 is 15.9 Å². The molecule has 0 unspecified atom stereocenters. The maximum absolute atomic E-state index is 5.72. The molecule has 110 valence electrons. The summed E-state index contributed by atoms with van der Waals surface area (Å²) >= 11 is 3.54. The van der Waals surface area contributed by atoms with Gasteiger partial charge >= 0.3 is 0 Å². The van der Waals surface area contributed by atoms with Crippen molar-refractivity contribution in [3.8, 4) is 5.75 Å². The lowest BCUT2D eigenvalue weighted by molar-refractivity contribution is 0.354. The Bertz CT molecular complexity index is 677. The molecule has 1 aromatic carbocycles. The summed E-state index contributed by atoms with van der Waals surface area (Å²) in [7, 11) is 0. The largest absolute Gasteiger partial charge is 0.493 e. The van der Waals surface area contributed by atoms with E-state index in [1.807, 2.05) is 6.92 Å². The molecule has 3 rings (SSSR count). The van der Waals surface area contributed by atoms with Gasteiger partial charge in [-0.05, 0) is 24.6 Å². The molecule has 0 saturated heterocycles. The summed E-state index contributed by atoms with van der Waals surface area (Å²) in [4.78, 5) is 8.50. The third kappa shape index (κ3) is 3.08. The number of hydrogen-bond acceptors (Lipinski definition) is 6. The molecule has 0 radical (unpaired) electrons. The Morgan fingerprint density at radius 3 is 2.90 bits per heavy atom. The predicted octanol–water partition coefficient (Wildman–Crippen LogP) is 2.38. The average Bonchev–Trinajstić information content (AvgIpc) is 2.92. The number of hydrogen-bond donors (Lipinski definition) is 3. The van der Waals surface area contributed by atoms with Gasteiger partial charge in [0.2, 0.25) is 0 Å². The Hall–Kier alpha value is -1.86. The third-order valence-electron chi connectivity index (χ3n) is 3.27. The molecule has 0 aliphatic carbocycles. The molecule has 6 nitrogen and oxygen atoms in total. The van der Waals surface area contributed by atoms with Crippen LogP contribution < -0.4 is 21.3 Å². The van der Waals surface area contributed by atoms with Crippen LogP contribution in [-0.2, 0) is 13.0 Å². The minimum absolute atomic E-state index is 0.584. The van der Waals surface area contributed by atoms with Crippen molar-refractivity contribution < 1.29 is 4.74 Å². The lowest BCUT2D eigenvalue weighted by Crippen LogP contribution is -2.11. The molecule has 2 aromatic rings. The van der Waals surface area contributed by atoms with E-state index >= 15 is 0 Å². The molecule has 2 heterocycles. The second kappa shape index (κ2) is 5.87. The number of nitrogen functional groups attached to an aromatic ring is 1. The van der Waals surface area contributed by atoms with E-state index in [4.69, 9.17) is 10.6 Å². The molecular weight excluding hydrogens is 334 g/mol. The Morgan fingerprint density at radius 2 is 2.10 bits per heavy atom. The standard InChI is InChI=1S/C14H16BrN5O/c1-8-18-12(6-13(19-8)20-16)17-7-10-5-11(15)4-9-2-3-21-14(9)10/h4-6H,2-3,7,16H2,1H3,(H2,17,18,19,20). The molecule has 7 heteroatoms. The Kier molecular flexibility index (Phi) is 3.94. The maximum atomic E-state index is 5.72. The molecule has 0 spiro atoms. The van der Waals surface area contributed by atoms with Crippen LogP contribution in [0, 0.1) is 6.92 Å². The molecule has 1 aliphatic heterocycles. The fraction of sp³-hybridized carbons (Fsp3) is 0.286. The average molecular weight is 350 g/mol. The second-order valence-corrected chi connectivity index (χ2v) is 5.75. The Morgan fingerprint density at radius 1 is 1.29 bits per heavy atom. The number of benzene rings is 1. The number of anilines is 2. The molecular formula is C14H16BrN5O. The van der Waals surface area contributed by atoms with Gasteiger partial charge in [-0.15, -0.1) is 0 Å². The molecule has 0 fully saturated rings. The van der Waals surface area contributed by atoms with Crippen molar-refractivity contribution in [3.63, 3.8) is 0 Å². The van der Waals surface area contributed by atoms with E-state index in [0.29, 0.717) is 18.2 Å².